The summed E-state index contributed by atoms with van der Waals surface area (Å²) in [7, 11) is -1.60. The van der Waals surface area contributed by atoms with Gasteiger partial charge in [0.15, 0.2) is 0 Å². The van der Waals surface area contributed by atoms with Crippen LogP contribution in [0.25, 0.3) is 0 Å². The van der Waals surface area contributed by atoms with Crippen molar-refractivity contribution in [2.75, 3.05) is 5.01 Å². The van der Waals surface area contributed by atoms with Crippen LogP contribution in [0.2, 0.25) is 13.1 Å². The number of benzene rings is 2. The van der Waals surface area contributed by atoms with Gasteiger partial charge in [0.05, 0.1) is 0 Å². The minimum atomic E-state index is -1.60. The van der Waals surface area contributed by atoms with Crippen LogP contribution in [0.1, 0.15) is 0 Å². The summed E-state index contributed by atoms with van der Waals surface area (Å²) in [5.74, 6) is 6.23. The van der Waals surface area contributed by atoms with Crippen LogP contribution in [-0.2, 0) is 0 Å². The van der Waals surface area contributed by atoms with Crippen LogP contribution in [0, 0.1) is 0 Å². The van der Waals surface area contributed by atoms with Gasteiger partial charge in [-0.15, -0.1) is 0 Å². The molecule has 0 aromatic heterocycles. The summed E-state index contributed by atoms with van der Waals surface area (Å²) in [6.45, 7) is 4.77. The molecule has 3 rings (SSSR count). The molecule has 0 saturated carbocycles. The molecule has 17 heavy (non-hydrogen) atoms. The van der Waals surface area contributed by atoms with Crippen LogP contribution in [0.15, 0.2) is 48.5 Å². The Balaban J connectivity index is 2.34. The van der Waals surface area contributed by atoms with E-state index in [2.05, 4.69) is 61.6 Å². The molecule has 0 fully saturated rings. The van der Waals surface area contributed by atoms with Crippen LogP contribution < -0.4 is 21.2 Å². The molecule has 1 aliphatic rings. The summed E-state index contributed by atoms with van der Waals surface area (Å²) in [5.41, 5.74) is 2.31. The Kier molecular flexibility index (Phi) is 2.15. The molecule has 1 aliphatic heterocycles. The van der Waals surface area contributed by atoms with Gasteiger partial charge in [0, 0.05) is 11.4 Å². The minimum Gasteiger partial charge on any atom is -0.285 e. The molecular formula is C14H16N2Si-. The molecule has 3 heteroatoms. The zero-order valence-corrected chi connectivity index (χ0v) is 11.1. The molecule has 1 heterocycles. The van der Waals surface area contributed by atoms with Crippen LogP contribution in [0.3, 0.4) is 0 Å². The number of nitrogens with zero attached hydrogens (tertiary/aromatic N) is 1. The zero-order chi connectivity index (χ0) is 12.0. The van der Waals surface area contributed by atoms with Crippen molar-refractivity contribution >= 4 is 29.8 Å². The van der Waals surface area contributed by atoms with Gasteiger partial charge in [-0.25, -0.2) is 5.84 Å². The van der Waals surface area contributed by atoms with E-state index in [1.54, 1.807) is 0 Å². The highest BCUT2D eigenvalue weighted by Crippen LogP contribution is 2.28. The molecule has 0 saturated heterocycles. The van der Waals surface area contributed by atoms with Crippen LogP contribution >= 0.6 is 0 Å². The smallest absolute Gasteiger partial charge is 0.0269 e. The molecule has 0 aliphatic carbocycles. The lowest BCUT2D eigenvalue weighted by Gasteiger charge is -2.47. The first-order chi connectivity index (χ1) is 8.12. The van der Waals surface area contributed by atoms with E-state index in [1.165, 1.54) is 10.4 Å². The second-order valence-electron chi connectivity index (χ2n) is 5.03. The molecule has 2 nitrogen and oxygen atoms in total. The van der Waals surface area contributed by atoms with Crippen molar-refractivity contribution in [2.24, 2.45) is 5.84 Å². The number of hydrogen-bond donors (Lipinski definition) is 1. The quantitative estimate of drug-likeness (QED) is 0.562. The first kappa shape index (κ1) is 10.6. The SMILES string of the molecule is C[Si-]1(C)c2ccccc2N(N)c2ccccc21. The van der Waals surface area contributed by atoms with E-state index in [0.717, 1.165) is 11.4 Å². The maximum Gasteiger partial charge on any atom is 0.0269 e. The first-order valence-corrected chi connectivity index (χ1v) is 8.86. The summed E-state index contributed by atoms with van der Waals surface area (Å²) in [6, 6.07) is 17.0. The van der Waals surface area contributed by atoms with Crippen molar-refractivity contribution in [3.8, 4) is 0 Å². The van der Waals surface area contributed by atoms with Gasteiger partial charge in [-0.1, -0.05) is 44.5 Å². The Bertz CT molecular complexity index is 528. The maximum absolute atomic E-state index is 6.23. The fourth-order valence-corrected chi connectivity index (χ4v) is 5.70. The third-order valence-corrected chi connectivity index (χ3v) is 7.21. The number of fused-ring (bicyclic) bond motifs is 2. The lowest BCUT2D eigenvalue weighted by molar-refractivity contribution is 1.09. The predicted molar refractivity (Wildman–Crippen MR) is 76.0 cm³/mol. The van der Waals surface area contributed by atoms with Gasteiger partial charge in [0.2, 0.25) is 0 Å². The van der Waals surface area contributed by atoms with Gasteiger partial charge in [0.1, 0.15) is 0 Å². The molecule has 0 radical (unpaired) electrons. The molecule has 0 amide bonds. The van der Waals surface area contributed by atoms with Crippen LogP contribution in [0.4, 0.5) is 11.4 Å². The Hall–Kier alpha value is -1.58. The Labute approximate surface area is 103 Å². The van der Waals surface area contributed by atoms with Crippen molar-refractivity contribution in [1.29, 1.82) is 0 Å². The fourth-order valence-electron chi connectivity index (χ4n) is 2.70. The molecular weight excluding hydrogens is 224 g/mol. The highest BCUT2D eigenvalue weighted by atomic mass is 28.3. The Morgan fingerprint density at radius 2 is 1.24 bits per heavy atom. The van der Waals surface area contributed by atoms with E-state index in [-0.39, 0.29) is 0 Å². The third kappa shape index (κ3) is 1.36. The lowest BCUT2D eigenvalue weighted by Crippen LogP contribution is -2.60. The lowest BCUT2D eigenvalue weighted by atomic mass is 10.2. The van der Waals surface area contributed by atoms with Crippen molar-refractivity contribution in [2.45, 2.75) is 13.1 Å². The normalized spacial score (nSPS) is 16.3. The average molecular weight is 240 g/mol. The maximum atomic E-state index is 6.23. The van der Waals surface area contributed by atoms with E-state index in [9.17, 15) is 0 Å². The van der Waals surface area contributed by atoms with E-state index in [0.29, 0.717) is 0 Å². The molecule has 0 spiro atoms. The van der Waals surface area contributed by atoms with Crippen molar-refractivity contribution < 1.29 is 0 Å². The number of anilines is 2. The molecule has 87 valence electrons. The summed E-state index contributed by atoms with van der Waals surface area (Å²) < 4.78 is 0. The van der Waals surface area contributed by atoms with E-state index in [1.807, 2.05) is 5.01 Å². The second kappa shape index (κ2) is 3.45. The monoisotopic (exact) mass is 240 g/mol. The predicted octanol–water partition coefficient (Wildman–Crippen LogP) is 1.83. The number of hydrogen-bond acceptors (Lipinski definition) is 2. The molecule has 2 N–H and O–H groups in total. The molecule has 0 atom stereocenters. The minimum absolute atomic E-state index is 1.16. The topological polar surface area (TPSA) is 29.3 Å². The van der Waals surface area contributed by atoms with E-state index >= 15 is 0 Å². The largest absolute Gasteiger partial charge is 0.285 e. The van der Waals surface area contributed by atoms with Gasteiger partial charge in [-0.3, -0.25) is 5.01 Å². The third-order valence-electron chi connectivity index (χ3n) is 3.67. The number of nitrogens with two attached hydrogens (primary N) is 1. The Morgan fingerprint density at radius 3 is 1.71 bits per heavy atom. The molecule has 0 bridgehead atoms. The number of rotatable bonds is 0. The summed E-state index contributed by atoms with van der Waals surface area (Å²) in [6.07, 6.45) is 0. The van der Waals surface area contributed by atoms with Crippen molar-refractivity contribution in [3.05, 3.63) is 48.5 Å². The average Bonchev–Trinajstić information content (AvgIpc) is 2.37. The van der Waals surface area contributed by atoms with E-state index in [4.69, 9.17) is 5.84 Å². The number of hydrazine groups is 1. The van der Waals surface area contributed by atoms with Gasteiger partial charge in [-0.2, -0.15) is 23.5 Å². The molecule has 2 aromatic rings. The van der Waals surface area contributed by atoms with Crippen molar-refractivity contribution in [1.82, 2.24) is 0 Å². The van der Waals surface area contributed by atoms with Crippen LogP contribution in [-0.4, -0.2) is 8.07 Å². The second-order valence-corrected chi connectivity index (χ2v) is 9.36. The summed E-state index contributed by atoms with van der Waals surface area (Å²) >= 11 is 0. The standard InChI is InChI=1S/C14H16N2Si/c1-17(2)13-9-5-3-7-11(13)16(15)12-8-4-6-10-14(12)17/h3-10H,15H2,1-2H3/q-1. The zero-order valence-electron chi connectivity index (χ0n) is 10.1. The Morgan fingerprint density at radius 1 is 0.824 bits per heavy atom. The van der Waals surface area contributed by atoms with Gasteiger partial charge in [-0.05, 0) is 12.1 Å². The van der Waals surface area contributed by atoms with Gasteiger partial charge in [0.25, 0.3) is 0 Å². The highest BCUT2D eigenvalue weighted by molar-refractivity contribution is 7.02. The van der Waals surface area contributed by atoms with Crippen molar-refractivity contribution in [3.63, 3.8) is 0 Å². The molecule has 0 unspecified atom stereocenters. The summed E-state index contributed by atoms with van der Waals surface area (Å²) in [5, 5.41) is 4.66. The fraction of sp³-hybridized carbons (Fsp3) is 0.143. The molecule has 2 aromatic carbocycles. The van der Waals surface area contributed by atoms with Gasteiger partial charge >= 0.3 is 0 Å². The first-order valence-electron chi connectivity index (χ1n) is 5.86. The summed E-state index contributed by atoms with van der Waals surface area (Å²) in [4.78, 5) is 0. The number of para-hydroxylation sites is 2. The van der Waals surface area contributed by atoms with Gasteiger partial charge < -0.3 is 0 Å². The van der Waals surface area contributed by atoms with E-state index < -0.39 is 8.07 Å². The van der Waals surface area contributed by atoms with Crippen LogP contribution in [0.5, 0.6) is 0 Å². The highest BCUT2D eigenvalue weighted by Gasteiger charge is 2.26.